The van der Waals surface area contributed by atoms with Crippen molar-refractivity contribution >= 4 is 38.7 Å². The minimum atomic E-state index is -0.546. The Morgan fingerprint density at radius 2 is 1.49 bits per heavy atom. The monoisotopic (exact) mass is 597 g/mol. The van der Waals surface area contributed by atoms with Gasteiger partial charge in [-0.2, -0.15) is 11.8 Å². The van der Waals surface area contributed by atoms with E-state index >= 15 is 0 Å². The van der Waals surface area contributed by atoms with E-state index < -0.39 is 7.92 Å². The maximum Gasteiger partial charge on any atom is 2.00 e. The fourth-order valence-electron chi connectivity index (χ4n) is 5.11. The van der Waals surface area contributed by atoms with Crippen molar-refractivity contribution in [2.45, 2.75) is 37.5 Å². The van der Waals surface area contributed by atoms with Gasteiger partial charge in [0.25, 0.3) is 0 Å². The number of hydrogen-bond acceptors (Lipinski definition) is 4. The first-order chi connectivity index (χ1) is 18.2. The summed E-state index contributed by atoms with van der Waals surface area (Å²) in [6.45, 7) is 4.28. The molecule has 1 N–H and O–H groups in total. The van der Waals surface area contributed by atoms with Gasteiger partial charge in [-0.3, -0.25) is 5.43 Å². The molecule has 0 spiro atoms. The summed E-state index contributed by atoms with van der Waals surface area (Å²) in [5, 5.41) is 6.68. The molecule has 5 rings (SSSR count). The molecule has 3 fully saturated rings. The zero-order valence-corrected chi connectivity index (χ0v) is 25.9. The average Bonchev–Trinajstić information content (AvgIpc) is 3.73. The molecule has 1 heterocycles. The van der Waals surface area contributed by atoms with Crippen LogP contribution in [0, 0.1) is 62.5 Å². The van der Waals surface area contributed by atoms with Gasteiger partial charge in [-0.1, -0.05) is 67.6 Å². The number of nitrogens with one attached hydrogen (secondary N) is 1. The molecule has 0 amide bonds. The molecule has 13 radical (unpaired) electrons. The van der Waals surface area contributed by atoms with Gasteiger partial charge in [-0.05, 0) is 89.0 Å². The van der Waals surface area contributed by atoms with Crippen LogP contribution in [-0.4, -0.2) is 57.7 Å². The van der Waals surface area contributed by atoms with Crippen molar-refractivity contribution in [3.05, 3.63) is 123 Å². The molecule has 0 unspecified atom stereocenters. The summed E-state index contributed by atoms with van der Waals surface area (Å²) in [7, 11) is 1.26. The maximum atomic E-state index is 5.54. The van der Waals surface area contributed by atoms with E-state index in [-0.39, 0.29) is 31.5 Å². The molecule has 3 nitrogen and oxygen atoms in total. The first-order valence-electron chi connectivity index (χ1n) is 13.1. The second-order valence-electron chi connectivity index (χ2n) is 9.35. The summed E-state index contributed by atoms with van der Waals surface area (Å²) < 4.78 is 5.54. The van der Waals surface area contributed by atoms with Crippen molar-refractivity contribution in [1.82, 2.24) is 10.4 Å². The van der Waals surface area contributed by atoms with Crippen molar-refractivity contribution < 1.29 is 21.8 Å². The summed E-state index contributed by atoms with van der Waals surface area (Å²) in [4.78, 5) is 0. The molecule has 0 bridgehead atoms. The van der Waals surface area contributed by atoms with E-state index in [0.717, 1.165) is 13.2 Å². The van der Waals surface area contributed by atoms with Crippen molar-refractivity contribution in [2.75, 3.05) is 26.5 Å². The topological polar surface area (TPSA) is 24.5 Å². The first kappa shape index (κ1) is 34.9. The second-order valence-corrected chi connectivity index (χ2v) is 12.8. The van der Waals surface area contributed by atoms with Crippen molar-refractivity contribution in [3.63, 3.8) is 0 Å². The Morgan fingerprint density at radius 1 is 0.923 bits per heavy atom. The fourth-order valence-corrected chi connectivity index (χ4v) is 8.51. The normalized spacial score (nSPS) is 21.6. The van der Waals surface area contributed by atoms with Gasteiger partial charge in [0.05, 0.1) is 6.61 Å². The SMILES string of the molecule is COC[C@@H]1CCCN1N[C@H]([C]1[CH][CH][CH][C]1SC)[C@@H](C)P(c1ccccc1)c1ccccc1.[B].[CH]1[CH][CH][CH][CH]1.[Fe+2]. The fraction of sp³-hybridized carbons (Fsp3) is 0.312. The molecule has 2 saturated carbocycles. The minimum absolute atomic E-state index is 0. The Morgan fingerprint density at radius 3 is 2.00 bits per heavy atom. The van der Waals surface area contributed by atoms with Crippen LogP contribution in [0.15, 0.2) is 60.7 Å². The Labute approximate surface area is 257 Å². The molecule has 7 heteroatoms. The molecular formula is C32H39BFeN2OPS+2. The molecule has 2 aromatic carbocycles. The third kappa shape index (κ3) is 9.88. The number of rotatable bonds is 10. The van der Waals surface area contributed by atoms with Crippen LogP contribution in [0.4, 0.5) is 0 Å². The van der Waals surface area contributed by atoms with E-state index in [2.05, 4.69) is 104 Å². The van der Waals surface area contributed by atoms with E-state index in [9.17, 15) is 0 Å². The molecule has 3 aliphatic rings. The molecule has 1 aliphatic heterocycles. The third-order valence-corrected chi connectivity index (χ3v) is 10.6. The molecule has 2 aromatic rings. The first-order valence-corrected chi connectivity index (χ1v) is 15.7. The Balaban J connectivity index is 0.000000686. The molecule has 203 valence electrons. The van der Waals surface area contributed by atoms with Crippen LogP contribution in [0.1, 0.15) is 19.8 Å². The number of thioether (sulfide) groups is 1. The zero-order valence-electron chi connectivity index (χ0n) is 23.1. The Bertz CT molecular complexity index is 847. The summed E-state index contributed by atoms with van der Waals surface area (Å²) in [5.74, 6) is 1.41. The quantitative estimate of drug-likeness (QED) is 0.300. The summed E-state index contributed by atoms with van der Waals surface area (Å²) in [5.41, 5.74) is 4.41. The van der Waals surface area contributed by atoms with Gasteiger partial charge in [-0.25, -0.2) is 5.01 Å². The smallest absolute Gasteiger partial charge is 0.383 e. The number of hydrogen-bond donors (Lipinski definition) is 1. The molecule has 3 atom stereocenters. The van der Waals surface area contributed by atoms with Gasteiger partial charge in [0.1, 0.15) is 0 Å². The van der Waals surface area contributed by atoms with Gasteiger partial charge in [0, 0.05) is 51.0 Å². The molecule has 1 saturated heterocycles. The Hall–Kier alpha value is -0.316. The van der Waals surface area contributed by atoms with E-state index in [1.807, 2.05) is 51.0 Å². The predicted octanol–water partition coefficient (Wildman–Crippen LogP) is 5.23. The van der Waals surface area contributed by atoms with Crippen molar-refractivity contribution in [2.24, 2.45) is 0 Å². The molecule has 0 aromatic heterocycles. The maximum absolute atomic E-state index is 5.54. The van der Waals surface area contributed by atoms with E-state index in [4.69, 9.17) is 4.74 Å². The third-order valence-electron chi connectivity index (χ3n) is 6.92. The number of ether oxygens (including phenoxy) is 1. The van der Waals surface area contributed by atoms with Gasteiger partial charge >= 0.3 is 17.1 Å². The van der Waals surface area contributed by atoms with Crippen LogP contribution in [0.25, 0.3) is 0 Å². The average molecular weight is 597 g/mol. The second kappa shape index (κ2) is 19.0. The van der Waals surface area contributed by atoms with Crippen LogP contribution in [0.5, 0.6) is 0 Å². The Kier molecular flexibility index (Phi) is 17.0. The van der Waals surface area contributed by atoms with Gasteiger partial charge in [0.15, 0.2) is 0 Å². The number of nitrogens with zero attached hydrogens (tertiary/aromatic N) is 1. The van der Waals surface area contributed by atoms with Gasteiger partial charge in [-0.15, -0.1) is 0 Å². The van der Waals surface area contributed by atoms with Gasteiger partial charge in [0.2, 0.25) is 0 Å². The molecule has 2 aliphatic carbocycles. The van der Waals surface area contributed by atoms with E-state index in [0.29, 0.717) is 11.7 Å². The minimum Gasteiger partial charge on any atom is -0.383 e. The van der Waals surface area contributed by atoms with Gasteiger partial charge < -0.3 is 4.74 Å². The van der Waals surface area contributed by atoms with Crippen molar-refractivity contribution in [1.29, 1.82) is 0 Å². The number of methoxy groups -OCH3 is 1. The van der Waals surface area contributed by atoms with Crippen LogP contribution in [0.2, 0.25) is 0 Å². The zero-order chi connectivity index (χ0) is 25.9. The van der Waals surface area contributed by atoms with Crippen molar-refractivity contribution in [3.8, 4) is 0 Å². The van der Waals surface area contributed by atoms with Crippen LogP contribution < -0.4 is 16.0 Å². The standard InChI is InChI=1S/C27H34N2OPS.C5H5.B.Fe/c1-21(31(23-13-6-4-7-14-23)24-15-8-5-9-16-24)27(25-17-10-18-26(25)32-3)28-29-19-11-12-22(29)20-30-2;1-2-4-5-3-1;;/h4-10,13-18,21-22,27-28H,11-12,19-20H2,1-3H3;1-5H;;/q;;;+2/t21-,22+,27+;;;/m1.../s1. The van der Waals surface area contributed by atoms with E-state index in [1.54, 1.807) is 0 Å². The summed E-state index contributed by atoms with van der Waals surface area (Å²) in [6.07, 6.45) is 21.3. The predicted molar refractivity (Wildman–Crippen MR) is 167 cm³/mol. The molecular weight excluding hydrogens is 558 g/mol. The summed E-state index contributed by atoms with van der Waals surface area (Å²) in [6, 6.07) is 22.8. The van der Waals surface area contributed by atoms with Crippen LogP contribution in [0.3, 0.4) is 0 Å². The number of hydrazine groups is 1. The van der Waals surface area contributed by atoms with Crippen LogP contribution >= 0.6 is 19.7 Å². The van der Waals surface area contributed by atoms with E-state index in [1.165, 1.54) is 34.6 Å². The van der Waals surface area contributed by atoms with Crippen LogP contribution in [-0.2, 0) is 21.8 Å². The largest absolute Gasteiger partial charge is 2.00 e. The summed E-state index contributed by atoms with van der Waals surface area (Å²) >= 11 is 1.84. The molecule has 39 heavy (non-hydrogen) atoms. The number of benzene rings is 2.